The van der Waals surface area contributed by atoms with E-state index in [1.807, 2.05) is 39.0 Å². The molecule has 1 heterocycles. The van der Waals surface area contributed by atoms with E-state index in [1.165, 1.54) is 16.4 Å². The molecule has 0 aliphatic heterocycles. The number of aromatic amines is 1. The van der Waals surface area contributed by atoms with E-state index in [0.29, 0.717) is 5.56 Å². The van der Waals surface area contributed by atoms with Crippen LogP contribution in [0.25, 0.3) is 12.2 Å². The molecule has 33 heavy (non-hydrogen) atoms. The third-order valence-electron chi connectivity index (χ3n) is 5.84. The number of amides is 1. The number of nitrogens with one attached hydrogen (secondary N) is 2. The highest BCUT2D eigenvalue weighted by Gasteiger charge is 2.25. The first-order valence-corrected chi connectivity index (χ1v) is 11.2. The van der Waals surface area contributed by atoms with Gasteiger partial charge in [0.25, 0.3) is 5.91 Å². The number of carboxylic acids is 1. The SMILES string of the molecule is C=C/C=C\C(=C/C)C(c1c[nH]c(=C/C)/c1=C\C)C(C)c1ccc(C(=O)NCCC(=O)O)cc1. The number of aliphatic carboxylic acids is 1. The van der Waals surface area contributed by atoms with Crippen molar-refractivity contribution >= 4 is 24.0 Å². The molecule has 1 aromatic heterocycles. The van der Waals surface area contributed by atoms with Crippen LogP contribution in [0.3, 0.4) is 0 Å². The first-order chi connectivity index (χ1) is 15.9. The normalized spacial score (nSPS) is 15.0. The van der Waals surface area contributed by atoms with Gasteiger partial charge in [0.05, 0.1) is 6.42 Å². The number of carboxylic acid groups (broad SMARTS) is 1. The Balaban J connectivity index is 2.43. The van der Waals surface area contributed by atoms with Gasteiger partial charge in [-0.3, -0.25) is 9.59 Å². The Morgan fingerprint density at radius 1 is 1.15 bits per heavy atom. The second-order valence-electron chi connectivity index (χ2n) is 7.82. The monoisotopic (exact) mass is 446 g/mol. The largest absolute Gasteiger partial charge is 0.481 e. The molecule has 0 radical (unpaired) electrons. The van der Waals surface area contributed by atoms with Crippen LogP contribution in [-0.2, 0) is 4.79 Å². The highest BCUT2D eigenvalue weighted by atomic mass is 16.4. The summed E-state index contributed by atoms with van der Waals surface area (Å²) in [5.74, 6) is -0.980. The minimum atomic E-state index is -0.937. The highest BCUT2D eigenvalue weighted by Crippen LogP contribution is 2.37. The molecule has 3 N–H and O–H groups in total. The summed E-state index contributed by atoms with van der Waals surface area (Å²) in [5, 5.41) is 13.7. The molecular weight excluding hydrogens is 412 g/mol. The quantitative estimate of drug-likeness (QED) is 0.473. The first kappa shape index (κ1) is 25.7. The molecule has 2 atom stereocenters. The molecule has 174 valence electrons. The Morgan fingerprint density at radius 3 is 2.39 bits per heavy atom. The van der Waals surface area contributed by atoms with Crippen LogP contribution in [0, 0.1) is 0 Å². The minimum Gasteiger partial charge on any atom is -0.481 e. The van der Waals surface area contributed by atoms with Gasteiger partial charge in [0.15, 0.2) is 0 Å². The van der Waals surface area contributed by atoms with Crippen molar-refractivity contribution in [2.24, 2.45) is 0 Å². The molecule has 2 rings (SSSR count). The Labute approximate surface area is 195 Å². The summed E-state index contributed by atoms with van der Waals surface area (Å²) in [4.78, 5) is 26.4. The van der Waals surface area contributed by atoms with Crippen molar-refractivity contribution < 1.29 is 14.7 Å². The Hall–Kier alpha value is -3.60. The maximum absolute atomic E-state index is 12.3. The number of H-pyrrole nitrogens is 1. The molecular formula is C28H34N2O3. The van der Waals surface area contributed by atoms with Crippen molar-refractivity contribution in [1.82, 2.24) is 10.3 Å². The van der Waals surface area contributed by atoms with Gasteiger partial charge >= 0.3 is 5.97 Å². The molecule has 0 saturated carbocycles. The summed E-state index contributed by atoms with van der Waals surface area (Å²) in [7, 11) is 0. The van der Waals surface area contributed by atoms with Crippen LogP contribution in [0.4, 0.5) is 0 Å². The number of carbonyl (C=O) groups excluding carboxylic acids is 1. The van der Waals surface area contributed by atoms with Crippen molar-refractivity contribution in [3.8, 4) is 0 Å². The Bertz CT molecular complexity index is 1150. The fourth-order valence-electron chi connectivity index (χ4n) is 4.10. The van der Waals surface area contributed by atoms with Gasteiger partial charge in [0.1, 0.15) is 0 Å². The summed E-state index contributed by atoms with van der Waals surface area (Å²) < 4.78 is 0. The Kier molecular flexibility index (Phi) is 9.67. The van der Waals surface area contributed by atoms with Gasteiger partial charge in [-0.25, -0.2) is 0 Å². The standard InChI is InChI=1S/C28H34N2O3/c1-6-10-11-20(7-2)27(24-18-30-25(9-4)23(24)8-3)19(5)21-12-14-22(15-13-21)28(33)29-17-16-26(31)32/h6-15,18-19,27,30H,1,16-17H2,2-5H3,(H,29,33)(H,31,32)/b11-10-,20-7+,23-8-,25-9+. The number of rotatable bonds is 10. The third-order valence-corrected chi connectivity index (χ3v) is 5.84. The van der Waals surface area contributed by atoms with E-state index in [9.17, 15) is 9.59 Å². The number of carbonyl (C=O) groups is 2. The van der Waals surface area contributed by atoms with Crippen LogP contribution in [0.1, 0.15) is 67.4 Å². The lowest BCUT2D eigenvalue weighted by atomic mass is 9.77. The summed E-state index contributed by atoms with van der Waals surface area (Å²) in [5.41, 5.74) is 4.02. The van der Waals surface area contributed by atoms with E-state index in [-0.39, 0.29) is 30.7 Å². The summed E-state index contributed by atoms with van der Waals surface area (Å²) in [6, 6.07) is 7.54. The van der Waals surface area contributed by atoms with Gasteiger partial charge in [-0.2, -0.15) is 0 Å². The maximum atomic E-state index is 12.3. The van der Waals surface area contributed by atoms with Crippen LogP contribution in [0.5, 0.6) is 0 Å². The van der Waals surface area contributed by atoms with Gasteiger partial charge in [0, 0.05) is 29.6 Å². The van der Waals surface area contributed by atoms with Gasteiger partial charge in [-0.05, 0) is 60.7 Å². The molecule has 5 heteroatoms. The maximum Gasteiger partial charge on any atom is 0.305 e. The fraction of sp³-hybridized carbons (Fsp3) is 0.286. The highest BCUT2D eigenvalue weighted by molar-refractivity contribution is 5.94. The van der Waals surface area contributed by atoms with E-state index < -0.39 is 5.97 Å². The van der Waals surface area contributed by atoms with Crippen LogP contribution in [0.15, 0.2) is 66.9 Å². The zero-order chi connectivity index (χ0) is 24.4. The zero-order valence-electron chi connectivity index (χ0n) is 19.9. The first-order valence-electron chi connectivity index (χ1n) is 11.2. The summed E-state index contributed by atoms with van der Waals surface area (Å²) >= 11 is 0. The van der Waals surface area contributed by atoms with Crippen molar-refractivity contribution in [3.63, 3.8) is 0 Å². The number of aromatic nitrogens is 1. The fourth-order valence-corrected chi connectivity index (χ4v) is 4.10. The van der Waals surface area contributed by atoms with E-state index in [4.69, 9.17) is 5.11 Å². The zero-order valence-corrected chi connectivity index (χ0v) is 19.9. The molecule has 0 fully saturated rings. The lowest BCUT2D eigenvalue weighted by Gasteiger charge is -2.26. The van der Waals surface area contributed by atoms with Crippen LogP contribution >= 0.6 is 0 Å². The molecule has 1 aromatic carbocycles. The molecule has 5 nitrogen and oxygen atoms in total. The summed E-state index contributed by atoms with van der Waals surface area (Å²) in [6.45, 7) is 12.2. The topological polar surface area (TPSA) is 82.2 Å². The number of hydrogen-bond donors (Lipinski definition) is 3. The van der Waals surface area contributed by atoms with Crippen LogP contribution in [0.2, 0.25) is 0 Å². The lowest BCUT2D eigenvalue weighted by Crippen LogP contribution is -2.27. The predicted octanol–water partition coefficient (Wildman–Crippen LogP) is 4.40. The number of hydrogen-bond acceptors (Lipinski definition) is 2. The van der Waals surface area contributed by atoms with Crippen molar-refractivity contribution in [1.29, 1.82) is 0 Å². The number of allylic oxidation sites excluding steroid dienone is 5. The molecule has 2 unspecified atom stereocenters. The molecule has 2 aromatic rings. The van der Waals surface area contributed by atoms with Crippen molar-refractivity contribution in [2.75, 3.05) is 6.54 Å². The molecule has 0 aliphatic carbocycles. The summed E-state index contributed by atoms with van der Waals surface area (Å²) in [6.07, 6.45) is 14.2. The second kappa shape index (κ2) is 12.4. The van der Waals surface area contributed by atoms with E-state index in [2.05, 4.69) is 54.3 Å². The minimum absolute atomic E-state index is 0.0950. The van der Waals surface area contributed by atoms with Gasteiger partial charge in [-0.15, -0.1) is 0 Å². The van der Waals surface area contributed by atoms with Gasteiger partial charge in [-0.1, -0.05) is 62.1 Å². The van der Waals surface area contributed by atoms with E-state index in [1.54, 1.807) is 18.2 Å². The van der Waals surface area contributed by atoms with Crippen LogP contribution < -0.4 is 15.9 Å². The number of benzene rings is 1. The second-order valence-corrected chi connectivity index (χ2v) is 7.82. The van der Waals surface area contributed by atoms with Gasteiger partial charge < -0.3 is 15.4 Å². The molecule has 0 bridgehead atoms. The third kappa shape index (κ3) is 6.45. The molecule has 0 aliphatic rings. The average molecular weight is 447 g/mol. The lowest BCUT2D eigenvalue weighted by molar-refractivity contribution is -0.136. The smallest absolute Gasteiger partial charge is 0.305 e. The van der Waals surface area contributed by atoms with E-state index in [0.717, 1.165) is 10.9 Å². The molecule has 1 amide bonds. The van der Waals surface area contributed by atoms with E-state index >= 15 is 0 Å². The van der Waals surface area contributed by atoms with Crippen molar-refractivity contribution in [2.45, 2.75) is 46.0 Å². The van der Waals surface area contributed by atoms with Gasteiger partial charge in [0.2, 0.25) is 0 Å². The molecule has 0 spiro atoms. The Morgan fingerprint density at radius 2 is 1.85 bits per heavy atom. The predicted molar refractivity (Wildman–Crippen MR) is 136 cm³/mol. The van der Waals surface area contributed by atoms with Crippen LogP contribution in [-0.4, -0.2) is 28.5 Å². The average Bonchev–Trinajstić information content (AvgIpc) is 3.23. The van der Waals surface area contributed by atoms with Crippen molar-refractivity contribution in [3.05, 3.63) is 94.2 Å². The molecule has 0 saturated heterocycles.